The average Bonchev–Trinajstić information content (AvgIpc) is 3.55. The van der Waals surface area contributed by atoms with Crippen LogP contribution >= 0.6 is 0 Å². The number of urea groups is 1. The molecule has 4 aliphatic rings. The summed E-state index contributed by atoms with van der Waals surface area (Å²) in [6.45, 7) is 6.72. The molecule has 0 bridgehead atoms. The smallest absolute Gasteiger partial charge is 0.322 e. The van der Waals surface area contributed by atoms with Crippen LogP contribution in [0.5, 0.6) is 0 Å². The Balaban J connectivity index is 0.977. The summed E-state index contributed by atoms with van der Waals surface area (Å²) >= 11 is 0. The molecule has 272 valence electrons. The van der Waals surface area contributed by atoms with E-state index in [1.54, 1.807) is 6.20 Å². The molecule has 12 heteroatoms. The fraction of sp³-hybridized carbons (Fsp3) is 0.564. The lowest BCUT2D eigenvalue weighted by atomic mass is 9.78. The van der Waals surface area contributed by atoms with Crippen molar-refractivity contribution in [1.82, 2.24) is 29.8 Å². The van der Waals surface area contributed by atoms with Gasteiger partial charge < -0.3 is 29.9 Å². The van der Waals surface area contributed by atoms with Crippen LogP contribution in [0, 0.1) is 24.7 Å². The lowest BCUT2D eigenvalue weighted by molar-refractivity contribution is -0.306. The second kappa shape index (κ2) is 15.4. The number of rotatable bonds is 9. The number of carbonyl (C=O) groups is 4. The molecule has 3 fully saturated rings. The first-order valence-corrected chi connectivity index (χ1v) is 18.8. The fourth-order valence-electron chi connectivity index (χ4n) is 9.08. The van der Waals surface area contributed by atoms with E-state index < -0.39 is 11.9 Å². The number of nitrogens with one attached hydrogen (secondary N) is 2. The number of anilines is 1. The van der Waals surface area contributed by atoms with E-state index in [2.05, 4.69) is 33.7 Å². The van der Waals surface area contributed by atoms with Crippen molar-refractivity contribution < 1.29 is 24.3 Å². The molecule has 0 saturated carbocycles. The minimum Gasteiger partial charge on any atom is -0.549 e. The maximum atomic E-state index is 14.3. The Labute approximate surface area is 299 Å². The first-order valence-electron chi connectivity index (χ1n) is 18.8. The second-order valence-electron chi connectivity index (χ2n) is 15.1. The van der Waals surface area contributed by atoms with Crippen LogP contribution in [0.25, 0.3) is 10.9 Å². The summed E-state index contributed by atoms with van der Waals surface area (Å²) in [5.74, 6) is -0.387. The van der Waals surface area contributed by atoms with Crippen LogP contribution in [-0.2, 0) is 27.2 Å². The molecule has 2 N–H and O–H groups in total. The van der Waals surface area contributed by atoms with Crippen molar-refractivity contribution in [1.29, 1.82) is 0 Å². The number of para-hydroxylation sites is 1. The number of carboxylic acids is 1. The van der Waals surface area contributed by atoms with E-state index in [4.69, 9.17) is 0 Å². The lowest BCUT2D eigenvalue weighted by Gasteiger charge is -2.41. The molecule has 4 aliphatic heterocycles. The number of H-pyrrole nitrogens is 1. The van der Waals surface area contributed by atoms with Crippen molar-refractivity contribution in [3.63, 3.8) is 0 Å². The van der Waals surface area contributed by atoms with Gasteiger partial charge in [0.25, 0.3) is 0 Å². The number of amides is 4. The molecular weight excluding hydrogens is 646 g/mol. The Bertz CT molecular complexity index is 1730. The topological polar surface area (TPSA) is 145 Å². The third-order valence-corrected chi connectivity index (χ3v) is 12.0. The number of hydrogen-bond donors (Lipinski definition) is 2. The maximum Gasteiger partial charge on any atom is 0.322 e. The van der Waals surface area contributed by atoms with E-state index in [9.17, 15) is 24.3 Å². The lowest BCUT2D eigenvalue weighted by Crippen LogP contribution is -2.50. The van der Waals surface area contributed by atoms with Gasteiger partial charge in [-0.1, -0.05) is 24.3 Å². The van der Waals surface area contributed by atoms with Crippen molar-refractivity contribution >= 4 is 40.4 Å². The number of aliphatic carboxylic acids is 1. The number of hydrogen-bond acceptors (Lipinski definition) is 7. The Hall–Kier alpha value is -4.45. The number of benzene rings is 2. The highest BCUT2D eigenvalue weighted by atomic mass is 16.4. The standard InChI is InChI=1S/C39H51N7O5/c1-26-20-27(22-32-24-40-42-37(26)32)21-31(38(50)45-15-8-29(9-16-45)28-6-13-43(14-7-28)25-36(48)49)23-35(47)44-17-11-33(12-18-44)46-19-10-30-4-2-3-5-34(30)41-39(46)51/h2-5,20,22,24,28-29,31,33H,6-19,21,23,25H2,1H3,(H,40,42)(H,41,51)(H,48,49)/p-1. The van der Waals surface area contributed by atoms with Gasteiger partial charge in [-0.25, -0.2) is 4.79 Å². The van der Waals surface area contributed by atoms with E-state index in [1.165, 1.54) is 0 Å². The predicted molar refractivity (Wildman–Crippen MR) is 192 cm³/mol. The molecule has 0 aliphatic carbocycles. The van der Waals surface area contributed by atoms with Gasteiger partial charge in [0.15, 0.2) is 0 Å². The molecule has 2 aromatic carbocycles. The number of carbonyl (C=O) groups excluding carboxylic acids is 4. The van der Waals surface area contributed by atoms with Gasteiger partial charge in [0.1, 0.15) is 0 Å². The molecule has 51 heavy (non-hydrogen) atoms. The molecule has 7 rings (SSSR count). The second-order valence-corrected chi connectivity index (χ2v) is 15.1. The van der Waals surface area contributed by atoms with E-state index in [0.29, 0.717) is 63.8 Å². The minimum absolute atomic E-state index is 0.00107. The van der Waals surface area contributed by atoms with Crippen molar-refractivity contribution in [2.45, 2.75) is 70.8 Å². The Morgan fingerprint density at radius 1 is 0.902 bits per heavy atom. The predicted octanol–water partition coefficient (Wildman–Crippen LogP) is 3.20. The van der Waals surface area contributed by atoms with Gasteiger partial charge in [0.05, 0.1) is 23.6 Å². The SMILES string of the molecule is Cc1cc(CC(CC(=O)N2CCC(N3CCc4ccccc4NC3=O)CC2)C(=O)N2CCC(C3CCN(CC(=O)[O-])CC3)CC2)cc2cn[nH]c12. The van der Waals surface area contributed by atoms with Gasteiger partial charge in [0, 0.05) is 62.8 Å². The first kappa shape index (κ1) is 35.0. The van der Waals surface area contributed by atoms with E-state index in [1.807, 2.05) is 44.7 Å². The average molecular weight is 697 g/mol. The van der Waals surface area contributed by atoms with Crippen molar-refractivity contribution in [3.05, 3.63) is 59.3 Å². The molecule has 3 saturated heterocycles. The fourth-order valence-corrected chi connectivity index (χ4v) is 9.08. The summed E-state index contributed by atoms with van der Waals surface area (Å²) < 4.78 is 0. The number of likely N-dealkylation sites (tertiary alicyclic amines) is 3. The van der Waals surface area contributed by atoms with Crippen LogP contribution in [0.1, 0.15) is 61.6 Å². The van der Waals surface area contributed by atoms with Gasteiger partial charge >= 0.3 is 6.03 Å². The monoisotopic (exact) mass is 696 g/mol. The minimum atomic E-state index is -1.02. The van der Waals surface area contributed by atoms with E-state index in [-0.39, 0.29) is 36.9 Å². The summed E-state index contributed by atoms with van der Waals surface area (Å²) in [4.78, 5) is 60.2. The molecule has 0 radical (unpaired) electrons. The Morgan fingerprint density at radius 3 is 2.31 bits per heavy atom. The highest BCUT2D eigenvalue weighted by Gasteiger charge is 2.36. The third kappa shape index (κ3) is 8.06. The summed E-state index contributed by atoms with van der Waals surface area (Å²) in [6.07, 6.45) is 8.47. The number of aromatic amines is 1. The zero-order valence-corrected chi connectivity index (χ0v) is 29.6. The highest BCUT2D eigenvalue weighted by Crippen LogP contribution is 2.34. The molecule has 5 heterocycles. The molecule has 0 spiro atoms. The third-order valence-electron chi connectivity index (χ3n) is 12.0. The number of aryl methyl sites for hydroxylation is 1. The van der Waals surface area contributed by atoms with Crippen LogP contribution in [0.15, 0.2) is 42.6 Å². The summed E-state index contributed by atoms with van der Waals surface area (Å²) in [5, 5.41) is 22.4. The number of piperidine rings is 3. The van der Waals surface area contributed by atoms with Gasteiger partial charge in [-0.05, 0) is 112 Å². The van der Waals surface area contributed by atoms with Gasteiger partial charge in [-0.2, -0.15) is 5.10 Å². The van der Waals surface area contributed by atoms with Crippen molar-refractivity contribution in [2.75, 3.05) is 57.7 Å². The number of carboxylic acid groups (broad SMARTS) is 1. The number of fused-ring (bicyclic) bond motifs is 2. The molecule has 1 unspecified atom stereocenters. The number of nitrogens with zero attached hydrogens (tertiary/aromatic N) is 5. The Morgan fingerprint density at radius 2 is 1.59 bits per heavy atom. The molecule has 4 amide bonds. The van der Waals surface area contributed by atoms with Crippen molar-refractivity contribution in [2.24, 2.45) is 17.8 Å². The highest BCUT2D eigenvalue weighted by molar-refractivity contribution is 5.91. The van der Waals surface area contributed by atoms with Gasteiger partial charge in [-0.3, -0.25) is 19.6 Å². The van der Waals surface area contributed by atoms with Crippen LogP contribution in [-0.4, -0.2) is 112 Å². The van der Waals surface area contributed by atoms with E-state index >= 15 is 0 Å². The van der Waals surface area contributed by atoms with Gasteiger partial charge in [-0.15, -0.1) is 0 Å². The molecule has 1 atom stereocenters. The summed E-state index contributed by atoms with van der Waals surface area (Å²) in [5.41, 5.74) is 5.08. The normalized spacial score (nSPS) is 20.6. The van der Waals surface area contributed by atoms with Crippen LogP contribution in [0.2, 0.25) is 0 Å². The summed E-state index contributed by atoms with van der Waals surface area (Å²) in [6, 6.07) is 12.1. The summed E-state index contributed by atoms with van der Waals surface area (Å²) in [7, 11) is 0. The first-order chi connectivity index (χ1) is 24.7. The van der Waals surface area contributed by atoms with Crippen molar-refractivity contribution in [3.8, 4) is 0 Å². The Kier molecular flexibility index (Phi) is 10.6. The largest absolute Gasteiger partial charge is 0.549 e. The maximum absolute atomic E-state index is 14.3. The van der Waals surface area contributed by atoms with Crippen LogP contribution in [0.4, 0.5) is 10.5 Å². The zero-order valence-electron chi connectivity index (χ0n) is 29.6. The van der Waals surface area contributed by atoms with E-state index in [0.717, 1.165) is 78.5 Å². The van der Waals surface area contributed by atoms with Crippen LogP contribution < -0.4 is 10.4 Å². The number of aromatic nitrogens is 2. The quantitative estimate of drug-likeness (QED) is 0.350. The van der Waals surface area contributed by atoms with Crippen LogP contribution in [0.3, 0.4) is 0 Å². The molecule has 3 aromatic rings. The van der Waals surface area contributed by atoms with Gasteiger partial charge in [0.2, 0.25) is 11.8 Å². The molecule has 1 aromatic heterocycles. The molecule has 12 nitrogen and oxygen atoms in total. The zero-order chi connectivity index (χ0) is 35.5. The molecular formula is C39H50N7O5-.